The first-order valence-electron chi connectivity index (χ1n) is 8.19. The average molecular weight is 436 g/mol. The fourth-order valence-corrected chi connectivity index (χ4v) is 2.25. The Morgan fingerprint density at radius 3 is 2.43 bits per heavy atom. The van der Waals surface area contributed by atoms with Gasteiger partial charge in [-0.25, -0.2) is 5.84 Å². The zero-order chi connectivity index (χ0) is 18.8. The Labute approximate surface area is 176 Å². The smallest absolute Gasteiger partial charge is 0.233 e. The maximum Gasteiger partial charge on any atom is 0.233 e. The standard InChI is InChI=1S/C17H25N5O4.2ClH/c1-24-14-4-3-12(9-15(14)25-2)7-8-19-10-13(23)11-26-17-6-5-16(20-18)21-22-17;;/h3-6,9,13,19,23H,7-8,10-11,18H2,1-2H3,(H,20,21);2*1H. The number of nitrogens with one attached hydrogen (secondary N) is 2. The highest BCUT2D eigenvalue weighted by Gasteiger charge is 2.07. The van der Waals surface area contributed by atoms with E-state index in [1.54, 1.807) is 26.4 Å². The monoisotopic (exact) mass is 435 g/mol. The Morgan fingerprint density at radius 1 is 1.07 bits per heavy atom. The number of anilines is 1. The summed E-state index contributed by atoms with van der Waals surface area (Å²) in [7, 11) is 3.22. The first-order chi connectivity index (χ1) is 12.7. The number of nitrogen functional groups attached to an aromatic ring is 1. The van der Waals surface area contributed by atoms with E-state index in [0.29, 0.717) is 36.3 Å². The van der Waals surface area contributed by atoms with Crippen molar-refractivity contribution in [1.29, 1.82) is 0 Å². The second-order valence-electron chi connectivity index (χ2n) is 5.51. The molecule has 1 heterocycles. The molecule has 0 aliphatic rings. The van der Waals surface area contributed by atoms with Crippen LogP contribution >= 0.6 is 24.8 Å². The molecule has 0 bridgehead atoms. The Kier molecular flexibility index (Phi) is 13.0. The summed E-state index contributed by atoms with van der Waals surface area (Å²) < 4.78 is 15.9. The SMILES string of the molecule is COc1ccc(CCNCC(O)COc2ccc(NN)nn2)cc1OC.Cl.Cl. The van der Waals surface area contributed by atoms with Crippen molar-refractivity contribution in [2.24, 2.45) is 5.84 Å². The number of aliphatic hydroxyl groups is 1. The van der Waals surface area contributed by atoms with Crippen molar-refractivity contribution in [1.82, 2.24) is 15.5 Å². The van der Waals surface area contributed by atoms with E-state index in [4.69, 9.17) is 20.1 Å². The van der Waals surface area contributed by atoms with Crippen molar-refractivity contribution < 1.29 is 19.3 Å². The van der Waals surface area contributed by atoms with Crippen LogP contribution in [0, 0.1) is 0 Å². The van der Waals surface area contributed by atoms with E-state index in [-0.39, 0.29) is 31.4 Å². The van der Waals surface area contributed by atoms with Crippen LogP contribution in [0.2, 0.25) is 0 Å². The fraction of sp³-hybridized carbons (Fsp3) is 0.412. The van der Waals surface area contributed by atoms with Crippen LogP contribution in [0.15, 0.2) is 30.3 Å². The van der Waals surface area contributed by atoms with Gasteiger partial charge in [-0.05, 0) is 36.7 Å². The third-order valence-corrected chi connectivity index (χ3v) is 3.63. The topological polar surface area (TPSA) is 124 Å². The van der Waals surface area contributed by atoms with E-state index in [1.165, 1.54) is 0 Å². The molecule has 1 atom stereocenters. The highest BCUT2D eigenvalue weighted by atomic mass is 35.5. The van der Waals surface area contributed by atoms with Crippen LogP contribution in [0.4, 0.5) is 5.82 Å². The van der Waals surface area contributed by atoms with Crippen LogP contribution in [-0.4, -0.2) is 55.3 Å². The highest BCUT2D eigenvalue weighted by Crippen LogP contribution is 2.27. The lowest BCUT2D eigenvalue weighted by atomic mass is 10.1. The van der Waals surface area contributed by atoms with Gasteiger partial charge in [-0.15, -0.1) is 35.0 Å². The molecule has 158 valence electrons. The predicted octanol–water partition coefficient (Wildman–Crippen LogP) is 1.19. The highest BCUT2D eigenvalue weighted by molar-refractivity contribution is 5.85. The number of nitrogens with two attached hydrogens (primary N) is 1. The first-order valence-corrected chi connectivity index (χ1v) is 8.19. The van der Waals surface area contributed by atoms with Gasteiger partial charge in [0, 0.05) is 12.6 Å². The molecule has 1 aromatic carbocycles. The molecule has 2 aromatic rings. The Hall–Kier alpha value is -2.04. The van der Waals surface area contributed by atoms with Gasteiger partial charge in [0.1, 0.15) is 12.7 Å². The van der Waals surface area contributed by atoms with Gasteiger partial charge in [0.05, 0.1) is 14.2 Å². The average Bonchev–Trinajstić information content (AvgIpc) is 2.69. The van der Waals surface area contributed by atoms with E-state index in [2.05, 4.69) is 20.9 Å². The van der Waals surface area contributed by atoms with E-state index in [9.17, 15) is 5.11 Å². The van der Waals surface area contributed by atoms with Crippen molar-refractivity contribution in [2.45, 2.75) is 12.5 Å². The molecule has 1 unspecified atom stereocenters. The molecule has 9 nitrogen and oxygen atoms in total. The number of aromatic nitrogens is 2. The van der Waals surface area contributed by atoms with Gasteiger partial charge in [-0.3, -0.25) is 0 Å². The largest absolute Gasteiger partial charge is 0.493 e. The van der Waals surface area contributed by atoms with Gasteiger partial charge in [-0.1, -0.05) is 6.07 Å². The molecule has 28 heavy (non-hydrogen) atoms. The molecule has 11 heteroatoms. The van der Waals surface area contributed by atoms with Crippen molar-refractivity contribution in [3.63, 3.8) is 0 Å². The van der Waals surface area contributed by atoms with Crippen LogP contribution in [0.1, 0.15) is 5.56 Å². The van der Waals surface area contributed by atoms with E-state index < -0.39 is 6.10 Å². The molecule has 0 aliphatic heterocycles. The summed E-state index contributed by atoms with van der Waals surface area (Å²) in [6.45, 7) is 1.24. The van der Waals surface area contributed by atoms with Gasteiger partial charge in [0.2, 0.25) is 5.88 Å². The number of halogens is 2. The van der Waals surface area contributed by atoms with E-state index in [0.717, 1.165) is 12.0 Å². The third-order valence-electron chi connectivity index (χ3n) is 3.63. The van der Waals surface area contributed by atoms with Crippen molar-refractivity contribution in [3.05, 3.63) is 35.9 Å². The molecule has 0 fully saturated rings. The van der Waals surface area contributed by atoms with Gasteiger partial charge in [-0.2, -0.15) is 0 Å². The molecule has 0 radical (unpaired) electrons. The lowest BCUT2D eigenvalue weighted by Crippen LogP contribution is -2.32. The number of aliphatic hydroxyl groups excluding tert-OH is 1. The van der Waals surface area contributed by atoms with Crippen LogP contribution in [-0.2, 0) is 6.42 Å². The van der Waals surface area contributed by atoms with Crippen LogP contribution in [0.25, 0.3) is 0 Å². The Morgan fingerprint density at radius 2 is 1.82 bits per heavy atom. The second kappa shape index (κ2) is 14.0. The molecule has 0 saturated heterocycles. The minimum absolute atomic E-state index is 0. The molecule has 0 spiro atoms. The summed E-state index contributed by atoms with van der Waals surface area (Å²) in [4.78, 5) is 0. The van der Waals surface area contributed by atoms with Gasteiger partial charge in [0.15, 0.2) is 17.3 Å². The number of hydrogen-bond donors (Lipinski definition) is 4. The Bertz CT molecular complexity index is 679. The first kappa shape index (κ1) is 26.0. The number of rotatable bonds is 11. The minimum Gasteiger partial charge on any atom is -0.493 e. The number of nitrogens with zero attached hydrogens (tertiary/aromatic N) is 2. The maximum atomic E-state index is 9.95. The number of ether oxygens (including phenoxy) is 3. The van der Waals surface area contributed by atoms with Crippen molar-refractivity contribution >= 4 is 30.6 Å². The summed E-state index contributed by atoms with van der Waals surface area (Å²) >= 11 is 0. The van der Waals surface area contributed by atoms with Crippen LogP contribution < -0.4 is 30.8 Å². The molecular weight excluding hydrogens is 409 g/mol. The normalized spacial score (nSPS) is 10.9. The summed E-state index contributed by atoms with van der Waals surface area (Å²) in [6, 6.07) is 9.07. The molecule has 0 amide bonds. The predicted molar refractivity (Wildman–Crippen MR) is 112 cm³/mol. The molecule has 0 saturated carbocycles. The summed E-state index contributed by atoms with van der Waals surface area (Å²) in [5, 5.41) is 20.7. The summed E-state index contributed by atoms with van der Waals surface area (Å²) in [5.74, 6) is 7.38. The number of methoxy groups -OCH3 is 2. The second-order valence-corrected chi connectivity index (χ2v) is 5.51. The van der Waals surface area contributed by atoms with Crippen molar-refractivity contribution in [2.75, 3.05) is 39.3 Å². The van der Waals surface area contributed by atoms with Crippen LogP contribution in [0.3, 0.4) is 0 Å². The molecule has 5 N–H and O–H groups in total. The zero-order valence-electron chi connectivity index (χ0n) is 15.8. The minimum atomic E-state index is -0.658. The van der Waals surface area contributed by atoms with E-state index >= 15 is 0 Å². The molecule has 0 aliphatic carbocycles. The number of hydrazine groups is 1. The molecule has 1 aromatic heterocycles. The maximum absolute atomic E-state index is 9.95. The summed E-state index contributed by atoms with van der Waals surface area (Å²) in [5.41, 5.74) is 3.49. The molecule has 2 rings (SSSR count). The van der Waals surface area contributed by atoms with Crippen molar-refractivity contribution in [3.8, 4) is 17.4 Å². The lowest BCUT2D eigenvalue weighted by Gasteiger charge is -2.13. The zero-order valence-corrected chi connectivity index (χ0v) is 17.4. The summed E-state index contributed by atoms with van der Waals surface area (Å²) in [6.07, 6.45) is 0.141. The third kappa shape index (κ3) is 8.32. The number of hydrogen-bond acceptors (Lipinski definition) is 9. The Balaban J connectivity index is 0.00000364. The van der Waals surface area contributed by atoms with Crippen LogP contribution in [0.5, 0.6) is 17.4 Å². The van der Waals surface area contributed by atoms with Gasteiger partial charge < -0.3 is 30.1 Å². The van der Waals surface area contributed by atoms with Gasteiger partial charge in [0.25, 0.3) is 0 Å². The molecular formula is C17H27Cl2N5O4. The quantitative estimate of drug-likeness (QED) is 0.234. The number of benzene rings is 1. The van der Waals surface area contributed by atoms with Gasteiger partial charge >= 0.3 is 0 Å². The van der Waals surface area contributed by atoms with E-state index in [1.807, 2.05) is 18.2 Å². The lowest BCUT2D eigenvalue weighted by molar-refractivity contribution is 0.103. The fourth-order valence-electron chi connectivity index (χ4n) is 2.25.